The fourth-order valence-electron chi connectivity index (χ4n) is 4.96. The molecule has 2 aromatic rings. The fraction of sp³-hybridized carbons (Fsp3) is 0.185. The van der Waals surface area contributed by atoms with Crippen LogP contribution in [0.1, 0.15) is 18.2 Å². The molecule has 9 N–H and O–H groups in total. The van der Waals surface area contributed by atoms with Gasteiger partial charge in [-0.25, -0.2) is 29.6 Å². The third-order valence-corrected chi connectivity index (χ3v) is 11.0. The first-order valence-corrected chi connectivity index (χ1v) is 18.1. The maximum Gasteiger partial charge on any atom is 0.352 e. The molecular weight excluding hydrogens is 753 g/mol. The predicted octanol–water partition coefficient (Wildman–Crippen LogP) is -0.383. The highest BCUT2D eigenvalue weighted by Crippen LogP contribution is 2.42. The number of aromatic nitrogens is 1. The Morgan fingerprint density at radius 3 is 2.67 bits per heavy atom. The fourth-order valence-corrected chi connectivity index (χ4v) is 8.48. The second-order valence-corrected chi connectivity index (χ2v) is 14.4. The zero-order chi connectivity index (χ0) is 36.7. The number of hydrogen-bond donors (Lipinski definition) is 7. The van der Waals surface area contributed by atoms with Crippen molar-refractivity contribution in [2.45, 2.75) is 18.3 Å². The Kier molecular flexibility index (Phi) is 9.67. The van der Waals surface area contributed by atoms with E-state index in [2.05, 4.69) is 26.0 Å². The van der Waals surface area contributed by atoms with Crippen LogP contribution in [0.15, 0.2) is 68.1 Å². The lowest BCUT2D eigenvalue weighted by molar-refractivity contribution is -0.150. The van der Waals surface area contributed by atoms with Gasteiger partial charge in [-0.3, -0.25) is 14.5 Å². The number of β-lactam (4-membered cyclic amide) rings is 1. The molecule has 20 nitrogen and oxygen atoms in total. The van der Waals surface area contributed by atoms with Crippen LogP contribution in [0, 0.1) is 0 Å². The summed E-state index contributed by atoms with van der Waals surface area (Å²) >= 11 is 3.38. The number of carbonyl (C=O) groups is 4. The quantitative estimate of drug-likeness (QED) is 0.0561. The SMILES string of the molecule is CC1=NC2=CN(C(N)=O)NN2C(SCC2=C(C(=O)O)N3C(=O)[C@@H](NC(=O)C(=NOC(c4ccc(O)c(O)c4)=S(=O)=O)c4csc(N)n4)[C@H]3SC2)=C1. The number of aliphatic imine (C=N–C) groups is 1. The zero-order valence-corrected chi connectivity index (χ0v) is 29.0. The minimum atomic E-state index is -3.08. The van der Waals surface area contributed by atoms with Gasteiger partial charge in [0.15, 0.2) is 28.2 Å². The summed E-state index contributed by atoms with van der Waals surface area (Å²) in [5, 5.41) is 38.6. The molecule has 0 aliphatic carbocycles. The Labute approximate surface area is 300 Å². The first kappa shape index (κ1) is 35.3. The number of aliphatic carboxylic acids is 1. The number of nitrogens with zero attached hydrogens (tertiary/aromatic N) is 6. The molecule has 6 rings (SSSR count). The van der Waals surface area contributed by atoms with Gasteiger partial charge in [0, 0.05) is 28.2 Å². The first-order valence-electron chi connectivity index (χ1n) is 14.2. The molecule has 4 aliphatic rings. The number of thioether (sulfide) groups is 2. The van der Waals surface area contributed by atoms with Crippen LogP contribution in [-0.4, -0.2) is 107 Å². The topological polar surface area (TPSA) is 296 Å². The highest BCUT2D eigenvalue weighted by Gasteiger charge is 2.54. The van der Waals surface area contributed by atoms with Crippen molar-refractivity contribution in [2.24, 2.45) is 15.9 Å². The number of nitrogens with one attached hydrogen (secondary N) is 2. The van der Waals surface area contributed by atoms with E-state index in [9.17, 15) is 42.9 Å². The molecule has 1 fully saturated rings. The third kappa shape index (κ3) is 6.93. The highest BCUT2D eigenvalue weighted by molar-refractivity contribution is 8.03. The predicted molar refractivity (Wildman–Crippen MR) is 185 cm³/mol. The Balaban J connectivity index is 1.19. The number of allylic oxidation sites excluding steroid dienone is 1. The number of hydrazine groups is 2. The van der Waals surface area contributed by atoms with Gasteiger partial charge in [-0.1, -0.05) is 5.16 Å². The number of benzene rings is 1. The summed E-state index contributed by atoms with van der Waals surface area (Å²) in [4.78, 5) is 65.6. The number of hydrogen-bond acceptors (Lipinski definition) is 18. The number of rotatable bonds is 9. The van der Waals surface area contributed by atoms with Gasteiger partial charge in [-0.15, -0.1) is 40.4 Å². The van der Waals surface area contributed by atoms with E-state index in [0.29, 0.717) is 22.1 Å². The van der Waals surface area contributed by atoms with E-state index in [1.165, 1.54) is 40.1 Å². The van der Waals surface area contributed by atoms with Gasteiger partial charge < -0.3 is 36.9 Å². The van der Waals surface area contributed by atoms with E-state index in [1.54, 1.807) is 13.0 Å². The van der Waals surface area contributed by atoms with Gasteiger partial charge >= 0.3 is 12.0 Å². The van der Waals surface area contributed by atoms with Crippen molar-refractivity contribution < 1.29 is 47.8 Å². The molecule has 266 valence electrons. The van der Waals surface area contributed by atoms with Crippen LogP contribution in [0.4, 0.5) is 9.93 Å². The molecule has 24 heteroatoms. The number of urea groups is 1. The van der Waals surface area contributed by atoms with Crippen molar-refractivity contribution in [3.63, 3.8) is 0 Å². The lowest BCUT2D eigenvalue weighted by Gasteiger charge is -2.49. The number of anilines is 1. The number of fused-ring (bicyclic) bond motifs is 2. The van der Waals surface area contributed by atoms with Crippen molar-refractivity contribution in [3.8, 4) is 11.5 Å². The van der Waals surface area contributed by atoms with Gasteiger partial charge in [0.05, 0.1) is 11.2 Å². The van der Waals surface area contributed by atoms with Crippen LogP contribution in [0.5, 0.6) is 11.5 Å². The number of carboxylic acid groups (broad SMARTS) is 1. The molecular formula is C27H24N10O10S4. The molecule has 0 spiro atoms. The number of oxime groups is 1. The van der Waals surface area contributed by atoms with E-state index in [0.717, 1.165) is 39.4 Å². The second kappa shape index (κ2) is 14.0. The lowest BCUT2D eigenvalue weighted by atomic mass is 10.0. The molecule has 4 amide bonds. The molecule has 1 aromatic heterocycles. The van der Waals surface area contributed by atoms with Crippen molar-refractivity contribution in [1.29, 1.82) is 0 Å². The van der Waals surface area contributed by atoms with Gasteiger partial charge in [-0.05, 0) is 36.8 Å². The number of amides is 4. The molecule has 0 radical (unpaired) electrons. The molecule has 0 unspecified atom stereocenters. The Bertz CT molecular complexity index is 2190. The van der Waals surface area contributed by atoms with Gasteiger partial charge in [0.25, 0.3) is 27.2 Å². The average molecular weight is 777 g/mol. The van der Waals surface area contributed by atoms with Crippen LogP contribution in [-0.2, 0) is 29.5 Å². The van der Waals surface area contributed by atoms with Gasteiger partial charge in [0.2, 0.25) is 0 Å². The number of phenolic OH excluding ortho intramolecular Hbond substituents is 2. The number of nitrogen functional groups attached to an aromatic ring is 1. The monoisotopic (exact) mass is 776 g/mol. The number of carbonyl (C=O) groups excluding carboxylic acids is 3. The van der Waals surface area contributed by atoms with Crippen LogP contribution in [0.3, 0.4) is 0 Å². The average Bonchev–Trinajstić information content (AvgIpc) is 3.71. The van der Waals surface area contributed by atoms with Gasteiger partial charge in [-0.2, -0.15) is 8.42 Å². The molecule has 0 saturated carbocycles. The summed E-state index contributed by atoms with van der Waals surface area (Å²) in [6.45, 7) is 1.75. The molecule has 51 heavy (non-hydrogen) atoms. The summed E-state index contributed by atoms with van der Waals surface area (Å²) in [7, 11) is -3.08. The normalized spacial score (nSPS) is 19.7. The maximum atomic E-state index is 13.5. The minimum absolute atomic E-state index is 0.0327. The van der Waals surface area contributed by atoms with E-state index in [4.69, 9.17) is 16.3 Å². The molecule has 1 saturated heterocycles. The minimum Gasteiger partial charge on any atom is -0.504 e. The van der Waals surface area contributed by atoms with E-state index < -0.39 is 67.8 Å². The summed E-state index contributed by atoms with van der Waals surface area (Å²) in [5.41, 5.74) is 13.8. The molecule has 4 aliphatic heterocycles. The maximum absolute atomic E-state index is 13.5. The number of phenols is 2. The van der Waals surface area contributed by atoms with Crippen LogP contribution in [0.2, 0.25) is 0 Å². The Hall–Kier alpha value is -5.56. The smallest absolute Gasteiger partial charge is 0.352 e. The van der Waals surface area contributed by atoms with Crippen LogP contribution >= 0.6 is 34.9 Å². The number of aromatic hydroxyl groups is 2. The largest absolute Gasteiger partial charge is 0.504 e. The number of nitrogens with two attached hydrogens (primary N) is 2. The standard InChI is InChI=1S/C27H24N10O10S4/c1-10-4-17(37-16(30-10)6-35(34-37)27(29)44)48-7-12-8-49-23-19(22(41)36(23)20(12)24(42)43)32-21(40)18(13-9-50-26(28)31-13)33-47-25(51(45)46)11-2-3-14(38)15(39)5-11/h2-6,9,19,23,34,38-39H,7-8H2,1H3,(H2,28,31)(H2,29,44)(H,32,40)(H,42,43)/t19-,23-/m1/s1. The van der Waals surface area contributed by atoms with Crippen molar-refractivity contribution >= 4 is 90.6 Å². The zero-order valence-electron chi connectivity index (χ0n) is 25.7. The van der Waals surface area contributed by atoms with E-state index >= 15 is 0 Å². The Morgan fingerprint density at radius 2 is 2.02 bits per heavy atom. The summed E-state index contributed by atoms with van der Waals surface area (Å²) in [6, 6.07) is 1.05. The summed E-state index contributed by atoms with van der Waals surface area (Å²) < 4.78 is 23.9. The summed E-state index contributed by atoms with van der Waals surface area (Å²) in [6.07, 6.45) is 3.13. The van der Waals surface area contributed by atoms with E-state index in [1.807, 2.05) is 0 Å². The van der Waals surface area contributed by atoms with Gasteiger partial charge in [0.1, 0.15) is 22.8 Å². The first-order chi connectivity index (χ1) is 24.2. The summed E-state index contributed by atoms with van der Waals surface area (Å²) in [5.74, 6) is -3.56. The number of thiazole rings is 1. The highest BCUT2D eigenvalue weighted by atomic mass is 32.2. The number of carboxylic acids is 1. The van der Waals surface area contributed by atoms with Crippen LogP contribution in [0.25, 0.3) is 0 Å². The van der Waals surface area contributed by atoms with Crippen molar-refractivity contribution in [3.05, 3.63) is 69.2 Å². The second-order valence-electron chi connectivity index (χ2n) is 10.6. The van der Waals surface area contributed by atoms with E-state index in [-0.39, 0.29) is 33.6 Å². The number of primary amides is 1. The lowest BCUT2D eigenvalue weighted by Crippen LogP contribution is -2.71. The molecule has 1 aromatic carbocycles. The molecule has 2 atom stereocenters. The Morgan fingerprint density at radius 1 is 1.25 bits per heavy atom. The van der Waals surface area contributed by atoms with Crippen molar-refractivity contribution in [1.82, 2.24) is 30.8 Å². The van der Waals surface area contributed by atoms with Crippen LogP contribution < -0.4 is 22.3 Å². The van der Waals surface area contributed by atoms with Crippen molar-refractivity contribution in [2.75, 3.05) is 17.2 Å². The third-order valence-electron chi connectivity index (χ3n) is 7.26. The molecule has 0 bridgehead atoms. The molecule has 5 heterocycles.